The fourth-order valence-electron chi connectivity index (χ4n) is 1.89. The second kappa shape index (κ2) is 4.69. The summed E-state index contributed by atoms with van der Waals surface area (Å²) in [6.07, 6.45) is 7.45. The molecule has 2 aliphatic rings. The molecule has 0 amide bonds. The van der Waals surface area contributed by atoms with Gasteiger partial charge in [0.1, 0.15) is 0 Å². The number of hydrogen-bond acceptors (Lipinski definition) is 3. The van der Waals surface area contributed by atoms with Gasteiger partial charge in [-0.05, 0) is 19.1 Å². The van der Waals surface area contributed by atoms with E-state index in [1.807, 2.05) is 0 Å². The topological polar surface area (TPSA) is 24.4 Å². The minimum absolute atomic E-state index is 0. The van der Waals surface area contributed by atoms with E-state index in [9.17, 15) is 0 Å². The van der Waals surface area contributed by atoms with Gasteiger partial charge in [0, 0.05) is 0 Å². The van der Waals surface area contributed by atoms with Crippen molar-refractivity contribution in [2.45, 2.75) is 37.8 Å². The SMILES string of the molecule is CSC1=N[C@H]2CCCC[C@@H]2N1.I. The Kier molecular flexibility index (Phi) is 4.16. The van der Waals surface area contributed by atoms with Crippen molar-refractivity contribution in [3.8, 4) is 0 Å². The van der Waals surface area contributed by atoms with Gasteiger partial charge < -0.3 is 5.32 Å². The number of fused-ring (bicyclic) bond motifs is 1. The Balaban J connectivity index is 0.000000720. The van der Waals surface area contributed by atoms with Crippen molar-refractivity contribution in [3.05, 3.63) is 0 Å². The van der Waals surface area contributed by atoms with Crippen molar-refractivity contribution in [2.24, 2.45) is 4.99 Å². The molecule has 0 unspecified atom stereocenters. The summed E-state index contributed by atoms with van der Waals surface area (Å²) in [4.78, 5) is 4.60. The summed E-state index contributed by atoms with van der Waals surface area (Å²) in [5.74, 6) is 0. The first-order valence-corrected chi connectivity index (χ1v) is 5.51. The zero-order valence-electron chi connectivity index (χ0n) is 7.25. The van der Waals surface area contributed by atoms with Crippen molar-refractivity contribution in [2.75, 3.05) is 6.26 Å². The van der Waals surface area contributed by atoms with Gasteiger partial charge in [-0.15, -0.1) is 24.0 Å². The Bertz CT molecular complexity index is 184. The maximum absolute atomic E-state index is 4.60. The molecule has 1 saturated carbocycles. The maximum Gasteiger partial charge on any atom is 0.156 e. The van der Waals surface area contributed by atoms with Crippen LogP contribution in [-0.4, -0.2) is 23.5 Å². The molecule has 1 aliphatic carbocycles. The normalized spacial score (nSPS) is 32.9. The van der Waals surface area contributed by atoms with E-state index < -0.39 is 0 Å². The van der Waals surface area contributed by atoms with Crippen LogP contribution in [0.15, 0.2) is 4.99 Å². The van der Waals surface area contributed by atoms with Gasteiger partial charge in [-0.2, -0.15) is 0 Å². The molecule has 2 nitrogen and oxygen atoms in total. The molecule has 0 spiro atoms. The minimum Gasteiger partial charge on any atom is -0.360 e. The summed E-state index contributed by atoms with van der Waals surface area (Å²) in [7, 11) is 0. The minimum atomic E-state index is 0. The summed E-state index contributed by atoms with van der Waals surface area (Å²) in [5, 5.41) is 4.61. The van der Waals surface area contributed by atoms with Gasteiger partial charge in [-0.3, -0.25) is 4.99 Å². The second-order valence-corrected chi connectivity index (χ2v) is 4.04. The van der Waals surface area contributed by atoms with Crippen molar-refractivity contribution >= 4 is 40.9 Å². The average molecular weight is 298 g/mol. The molecule has 2 atom stereocenters. The first-order valence-electron chi connectivity index (χ1n) is 4.28. The van der Waals surface area contributed by atoms with E-state index in [-0.39, 0.29) is 24.0 Å². The number of nitrogens with one attached hydrogen (secondary N) is 1. The Hall–Kier alpha value is 0.550. The Morgan fingerprint density at radius 3 is 2.83 bits per heavy atom. The van der Waals surface area contributed by atoms with Gasteiger partial charge >= 0.3 is 0 Å². The van der Waals surface area contributed by atoms with Crippen LogP contribution in [0.1, 0.15) is 25.7 Å². The highest BCUT2D eigenvalue weighted by atomic mass is 127. The lowest BCUT2D eigenvalue weighted by atomic mass is 9.92. The molecular weight excluding hydrogens is 283 g/mol. The average Bonchev–Trinajstić information content (AvgIpc) is 2.46. The molecule has 1 aliphatic heterocycles. The molecule has 0 saturated heterocycles. The van der Waals surface area contributed by atoms with Gasteiger partial charge in [0.05, 0.1) is 12.1 Å². The molecular formula is C8H15IN2S. The standard InChI is InChI=1S/C8H14N2S.HI/c1-11-8-9-6-4-2-3-5-7(6)10-8;/h6-7H,2-5H2,1H3,(H,9,10);1H/t6-,7-;/m0./s1. The largest absolute Gasteiger partial charge is 0.360 e. The van der Waals surface area contributed by atoms with Crippen LogP contribution in [0.3, 0.4) is 0 Å². The highest BCUT2D eigenvalue weighted by Crippen LogP contribution is 2.26. The summed E-state index contributed by atoms with van der Waals surface area (Å²) >= 11 is 1.74. The van der Waals surface area contributed by atoms with Crippen molar-refractivity contribution < 1.29 is 0 Å². The molecule has 4 heteroatoms. The highest BCUT2D eigenvalue weighted by molar-refractivity contribution is 14.0. The molecule has 1 fully saturated rings. The maximum atomic E-state index is 4.60. The Labute approximate surface area is 95.0 Å². The molecule has 0 aromatic carbocycles. The number of thioether (sulfide) groups is 1. The lowest BCUT2D eigenvalue weighted by molar-refractivity contribution is 0.385. The molecule has 2 rings (SSSR count). The number of amidine groups is 1. The first kappa shape index (κ1) is 10.6. The lowest BCUT2D eigenvalue weighted by Crippen LogP contribution is -2.35. The number of aliphatic imine (C=N–C) groups is 1. The molecule has 0 radical (unpaired) electrons. The van der Waals surface area contributed by atoms with E-state index in [0.29, 0.717) is 12.1 Å². The quantitative estimate of drug-likeness (QED) is 0.694. The first-order chi connectivity index (χ1) is 5.40. The lowest BCUT2D eigenvalue weighted by Gasteiger charge is -2.22. The summed E-state index contributed by atoms with van der Waals surface area (Å²) in [6, 6.07) is 1.28. The highest BCUT2D eigenvalue weighted by Gasteiger charge is 2.29. The zero-order chi connectivity index (χ0) is 7.68. The monoisotopic (exact) mass is 298 g/mol. The van der Waals surface area contributed by atoms with Crippen LogP contribution in [0, 0.1) is 0 Å². The van der Waals surface area contributed by atoms with Gasteiger partial charge in [-0.1, -0.05) is 24.6 Å². The summed E-state index contributed by atoms with van der Waals surface area (Å²) in [5.41, 5.74) is 0. The van der Waals surface area contributed by atoms with Gasteiger partial charge in [0.2, 0.25) is 0 Å². The number of halogens is 1. The molecule has 12 heavy (non-hydrogen) atoms. The predicted octanol–water partition coefficient (Wildman–Crippen LogP) is 2.24. The van der Waals surface area contributed by atoms with E-state index in [1.165, 1.54) is 25.7 Å². The van der Waals surface area contributed by atoms with Crippen LogP contribution in [0.5, 0.6) is 0 Å². The van der Waals surface area contributed by atoms with E-state index in [1.54, 1.807) is 11.8 Å². The van der Waals surface area contributed by atoms with Crippen LogP contribution < -0.4 is 5.32 Å². The van der Waals surface area contributed by atoms with Crippen LogP contribution in [0.4, 0.5) is 0 Å². The smallest absolute Gasteiger partial charge is 0.156 e. The van der Waals surface area contributed by atoms with E-state index in [0.717, 1.165) is 5.17 Å². The fraction of sp³-hybridized carbons (Fsp3) is 0.875. The summed E-state index contributed by atoms with van der Waals surface area (Å²) in [6.45, 7) is 0. The van der Waals surface area contributed by atoms with Crippen molar-refractivity contribution in [1.82, 2.24) is 5.32 Å². The number of hydrogen-bond donors (Lipinski definition) is 1. The van der Waals surface area contributed by atoms with Gasteiger partial charge in [0.15, 0.2) is 5.17 Å². The molecule has 0 aromatic rings. The van der Waals surface area contributed by atoms with Gasteiger partial charge in [0.25, 0.3) is 0 Å². The Morgan fingerprint density at radius 2 is 2.17 bits per heavy atom. The second-order valence-electron chi connectivity index (χ2n) is 3.24. The predicted molar refractivity (Wildman–Crippen MR) is 65.5 cm³/mol. The third-order valence-corrected chi connectivity index (χ3v) is 3.12. The molecule has 1 heterocycles. The number of rotatable bonds is 0. The molecule has 1 N–H and O–H groups in total. The zero-order valence-corrected chi connectivity index (χ0v) is 10.4. The Morgan fingerprint density at radius 1 is 1.42 bits per heavy atom. The van der Waals surface area contributed by atoms with Crippen molar-refractivity contribution in [1.29, 1.82) is 0 Å². The van der Waals surface area contributed by atoms with Crippen LogP contribution in [0.25, 0.3) is 0 Å². The molecule has 0 aromatic heterocycles. The third kappa shape index (κ3) is 2.07. The van der Waals surface area contributed by atoms with Crippen molar-refractivity contribution in [3.63, 3.8) is 0 Å². The van der Waals surface area contributed by atoms with Crippen LogP contribution >= 0.6 is 35.7 Å². The van der Waals surface area contributed by atoms with E-state index in [2.05, 4.69) is 16.6 Å². The summed E-state index contributed by atoms with van der Waals surface area (Å²) < 4.78 is 0. The van der Waals surface area contributed by atoms with Gasteiger partial charge in [-0.25, -0.2) is 0 Å². The molecule has 70 valence electrons. The van der Waals surface area contributed by atoms with E-state index in [4.69, 9.17) is 0 Å². The van der Waals surface area contributed by atoms with Crippen LogP contribution in [0.2, 0.25) is 0 Å². The third-order valence-electron chi connectivity index (χ3n) is 2.51. The van der Waals surface area contributed by atoms with E-state index >= 15 is 0 Å². The molecule has 0 bridgehead atoms. The van der Waals surface area contributed by atoms with Crippen LogP contribution in [-0.2, 0) is 0 Å². The number of nitrogens with zero attached hydrogens (tertiary/aromatic N) is 1. The fourth-order valence-corrected chi connectivity index (χ4v) is 2.40.